The Morgan fingerprint density at radius 1 is 1.25 bits per heavy atom. The summed E-state index contributed by atoms with van der Waals surface area (Å²) in [5, 5.41) is 11.7. The fraction of sp³-hybridized carbons (Fsp3) is 0.421. The SMILES string of the molecule is Cc1c(C(=O)N2CCCn3nc(C(=O)NC4CC4)cc3C2)cnc2ccnn12. The van der Waals surface area contributed by atoms with E-state index in [4.69, 9.17) is 0 Å². The largest absolute Gasteiger partial charge is 0.348 e. The Bertz CT molecular complexity index is 1080. The number of carbonyl (C=O) groups excluding carboxylic acids is 2. The highest BCUT2D eigenvalue weighted by atomic mass is 16.2. The second-order valence-electron chi connectivity index (χ2n) is 7.43. The third kappa shape index (κ3) is 2.92. The molecule has 1 N–H and O–H groups in total. The molecule has 2 aliphatic rings. The number of nitrogens with zero attached hydrogens (tertiary/aromatic N) is 6. The van der Waals surface area contributed by atoms with E-state index >= 15 is 0 Å². The van der Waals surface area contributed by atoms with Crippen LogP contribution in [-0.2, 0) is 13.1 Å². The summed E-state index contributed by atoms with van der Waals surface area (Å²) in [6.45, 7) is 3.60. The van der Waals surface area contributed by atoms with Crippen LogP contribution in [-0.4, -0.2) is 53.7 Å². The number of rotatable bonds is 3. The molecule has 0 spiro atoms. The van der Waals surface area contributed by atoms with Crippen LogP contribution >= 0.6 is 0 Å². The van der Waals surface area contributed by atoms with E-state index in [9.17, 15) is 9.59 Å². The van der Waals surface area contributed by atoms with Crippen LogP contribution in [0.1, 0.15) is 51.5 Å². The average Bonchev–Trinajstić information content (AvgIpc) is 3.27. The Morgan fingerprint density at radius 3 is 2.93 bits per heavy atom. The van der Waals surface area contributed by atoms with Crippen molar-refractivity contribution in [2.45, 2.75) is 45.3 Å². The standard InChI is InChI=1S/C19H21N7O2/c1-12-15(10-20-17-5-6-21-26(12)17)19(28)24-7-2-8-25-14(11-24)9-16(23-25)18(27)22-13-3-4-13/h5-6,9-10,13H,2-4,7-8,11H2,1H3,(H,22,27). The highest BCUT2D eigenvalue weighted by Gasteiger charge is 2.27. The van der Waals surface area contributed by atoms with Gasteiger partial charge < -0.3 is 10.2 Å². The van der Waals surface area contributed by atoms with E-state index in [0.717, 1.165) is 30.7 Å². The monoisotopic (exact) mass is 379 g/mol. The molecule has 9 nitrogen and oxygen atoms in total. The summed E-state index contributed by atoms with van der Waals surface area (Å²) in [6.07, 6.45) is 6.14. The van der Waals surface area contributed by atoms with Crippen molar-refractivity contribution in [3.63, 3.8) is 0 Å². The summed E-state index contributed by atoms with van der Waals surface area (Å²) in [5.41, 5.74) is 3.32. The molecule has 144 valence electrons. The van der Waals surface area contributed by atoms with E-state index < -0.39 is 0 Å². The first-order valence-corrected chi connectivity index (χ1v) is 9.56. The minimum absolute atomic E-state index is 0.0824. The van der Waals surface area contributed by atoms with E-state index in [1.165, 1.54) is 0 Å². The van der Waals surface area contributed by atoms with E-state index in [2.05, 4.69) is 20.5 Å². The topological polar surface area (TPSA) is 97.4 Å². The number of hydrogen-bond acceptors (Lipinski definition) is 5. The summed E-state index contributed by atoms with van der Waals surface area (Å²) < 4.78 is 3.52. The van der Waals surface area contributed by atoms with Gasteiger partial charge in [-0.15, -0.1) is 0 Å². The molecular weight excluding hydrogens is 358 g/mol. The number of hydrogen-bond donors (Lipinski definition) is 1. The van der Waals surface area contributed by atoms with Gasteiger partial charge >= 0.3 is 0 Å². The molecule has 0 aromatic carbocycles. The van der Waals surface area contributed by atoms with Gasteiger partial charge in [0.2, 0.25) is 0 Å². The molecule has 0 unspecified atom stereocenters. The first-order chi connectivity index (χ1) is 13.6. The average molecular weight is 379 g/mol. The van der Waals surface area contributed by atoms with Gasteiger partial charge in [-0.3, -0.25) is 14.3 Å². The molecular formula is C19H21N7O2. The molecule has 3 aromatic heterocycles. The maximum atomic E-state index is 13.2. The van der Waals surface area contributed by atoms with Crippen molar-refractivity contribution < 1.29 is 9.59 Å². The molecule has 1 saturated carbocycles. The van der Waals surface area contributed by atoms with Crippen molar-refractivity contribution in [2.75, 3.05) is 6.54 Å². The molecule has 0 saturated heterocycles. The minimum Gasteiger partial charge on any atom is -0.348 e. The molecule has 0 bridgehead atoms. The lowest BCUT2D eigenvalue weighted by atomic mass is 10.2. The predicted molar refractivity (Wildman–Crippen MR) is 99.8 cm³/mol. The number of aromatic nitrogens is 5. The van der Waals surface area contributed by atoms with Crippen LogP contribution in [0.2, 0.25) is 0 Å². The normalized spacial score (nSPS) is 16.7. The fourth-order valence-electron chi connectivity index (χ4n) is 3.60. The van der Waals surface area contributed by atoms with Gasteiger partial charge in [0.1, 0.15) is 0 Å². The van der Waals surface area contributed by atoms with Crippen molar-refractivity contribution in [1.82, 2.24) is 34.6 Å². The molecule has 1 aliphatic heterocycles. The maximum Gasteiger partial charge on any atom is 0.272 e. The third-order valence-corrected chi connectivity index (χ3v) is 5.33. The van der Waals surface area contributed by atoms with Crippen LogP contribution in [0, 0.1) is 6.92 Å². The zero-order valence-electron chi connectivity index (χ0n) is 15.6. The van der Waals surface area contributed by atoms with Gasteiger partial charge in [0, 0.05) is 31.4 Å². The second-order valence-corrected chi connectivity index (χ2v) is 7.43. The maximum absolute atomic E-state index is 13.2. The van der Waals surface area contributed by atoms with Crippen LogP contribution in [0.25, 0.3) is 5.65 Å². The lowest BCUT2D eigenvalue weighted by Gasteiger charge is -2.21. The quantitative estimate of drug-likeness (QED) is 0.737. The number of aryl methyl sites for hydroxylation is 2. The number of amides is 2. The van der Waals surface area contributed by atoms with Crippen LogP contribution < -0.4 is 5.32 Å². The van der Waals surface area contributed by atoms with E-state index in [0.29, 0.717) is 42.6 Å². The molecule has 4 heterocycles. The molecule has 2 amide bonds. The summed E-state index contributed by atoms with van der Waals surface area (Å²) in [6, 6.07) is 3.89. The first-order valence-electron chi connectivity index (χ1n) is 9.56. The van der Waals surface area contributed by atoms with Gasteiger partial charge in [-0.1, -0.05) is 0 Å². The first kappa shape index (κ1) is 16.9. The second kappa shape index (κ2) is 6.43. The van der Waals surface area contributed by atoms with E-state index in [-0.39, 0.29) is 11.8 Å². The Balaban J connectivity index is 1.40. The van der Waals surface area contributed by atoms with Crippen molar-refractivity contribution in [3.05, 3.63) is 47.2 Å². The van der Waals surface area contributed by atoms with E-state index in [1.54, 1.807) is 33.9 Å². The summed E-state index contributed by atoms with van der Waals surface area (Å²) >= 11 is 0. The van der Waals surface area contributed by atoms with Gasteiger partial charge in [0.15, 0.2) is 11.3 Å². The van der Waals surface area contributed by atoms with Gasteiger partial charge in [-0.25, -0.2) is 9.50 Å². The van der Waals surface area contributed by atoms with Gasteiger partial charge in [-0.2, -0.15) is 10.2 Å². The Hall–Kier alpha value is -3.23. The minimum atomic E-state index is -0.134. The van der Waals surface area contributed by atoms with E-state index in [1.807, 2.05) is 11.6 Å². The van der Waals surface area contributed by atoms with Crippen LogP contribution in [0.3, 0.4) is 0 Å². The zero-order chi connectivity index (χ0) is 19.3. The molecule has 1 aliphatic carbocycles. The van der Waals surface area contributed by atoms with Crippen LogP contribution in [0.5, 0.6) is 0 Å². The molecule has 3 aromatic rings. The lowest BCUT2D eigenvalue weighted by Crippen LogP contribution is -2.32. The lowest BCUT2D eigenvalue weighted by molar-refractivity contribution is 0.0743. The Labute approximate surface area is 161 Å². The van der Waals surface area contributed by atoms with Gasteiger partial charge in [0.05, 0.1) is 29.7 Å². The smallest absolute Gasteiger partial charge is 0.272 e. The third-order valence-electron chi connectivity index (χ3n) is 5.33. The molecule has 0 radical (unpaired) electrons. The van der Waals surface area contributed by atoms with Crippen LogP contribution in [0.4, 0.5) is 0 Å². The summed E-state index contributed by atoms with van der Waals surface area (Å²) in [5.74, 6) is -0.217. The van der Waals surface area contributed by atoms with Crippen LogP contribution in [0.15, 0.2) is 24.5 Å². The van der Waals surface area contributed by atoms with Crippen molar-refractivity contribution >= 4 is 17.5 Å². The Morgan fingerprint density at radius 2 is 2.11 bits per heavy atom. The molecule has 5 rings (SSSR count). The number of fused-ring (bicyclic) bond motifs is 2. The van der Waals surface area contributed by atoms with Gasteiger partial charge in [-0.05, 0) is 32.3 Å². The Kier molecular flexibility index (Phi) is 3.88. The molecule has 1 fully saturated rings. The number of carbonyl (C=O) groups is 2. The zero-order valence-corrected chi connectivity index (χ0v) is 15.6. The van der Waals surface area contributed by atoms with Crippen molar-refractivity contribution in [1.29, 1.82) is 0 Å². The fourth-order valence-corrected chi connectivity index (χ4v) is 3.60. The predicted octanol–water partition coefficient (Wildman–Crippen LogP) is 1.17. The van der Waals surface area contributed by atoms with Crippen molar-refractivity contribution in [3.8, 4) is 0 Å². The molecule has 9 heteroatoms. The highest BCUT2D eigenvalue weighted by molar-refractivity contribution is 5.95. The highest BCUT2D eigenvalue weighted by Crippen LogP contribution is 2.21. The van der Waals surface area contributed by atoms with Crippen molar-refractivity contribution in [2.24, 2.45) is 0 Å². The van der Waals surface area contributed by atoms with Gasteiger partial charge in [0.25, 0.3) is 11.8 Å². The molecule has 28 heavy (non-hydrogen) atoms. The summed E-state index contributed by atoms with van der Waals surface area (Å²) in [4.78, 5) is 31.6. The number of nitrogens with one attached hydrogen (secondary N) is 1. The molecule has 0 atom stereocenters. The summed E-state index contributed by atoms with van der Waals surface area (Å²) in [7, 11) is 0.